The van der Waals surface area contributed by atoms with Crippen LogP contribution in [0.15, 0.2) is 24.3 Å². The Kier molecular flexibility index (Phi) is 4.59. The summed E-state index contributed by atoms with van der Waals surface area (Å²) < 4.78 is 0. The monoisotopic (exact) mass is 286 g/mol. The zero-order valence-corrected chi connectivity index (χ0v) is 12.8. The van der Waals surface area contributed by atoms with E-state index in [4.69, 9.17) is 5.73 Å². The number of rotatable bonds is 1. The van der Waals surface area contributed by atoms with Gasteiger partial charge in [-0.3, -0.25) is 4.79 Å². The molecule has 21 heavy (non-hydrogen) atoms. The normalized spacial score (nSPS) is 26.6. The third-order valence-corrected chi connectivity index (χ3v) is 5.12. The SMILES string of the molecule is NC1CCCCCC1C(=O)N1CCc2ccccc2CC1. The molecule has 1 aliphatic heterocycles. The van der Waals surface area contributed by atoms with Gasteiger partial charge in [0.1, 0.15) is 0 Å². The van der Waals surface area contributed by atoms with Crippen LogP contribution in [-0.2, 0) is 17.6 Å². The van der Waals surface area contributed by atoms with Gasteiger partial charge >= 0.3 is 0 Å². The fraction of sp³-hybridized carbons (Fsp3) is 0.611. The summed E-state index contributed by atoms with van der Waals surface area (Å²) in [4.78, 5) is 14.9. The van der Waals surface area contributed by atoms with Crippen molar-refractivity contribution in [3.8, 4) is 0 Å². The molecule has 2 N–H and O–H groups in total. The highest BCUT2D eigenvalue weighted by atomic mass is 16.2. The van der Waals surface area contributed by atoms with Crippen LogP contribution in [0, 0.1) is 5.92 Å². The lowest BCUT2D eigenvalue weighted by atomic mass is 9.94. The number of amides is 1. The van der Waals surface area contributed by atoms with Crippen molar-refractivity contribution in [3.63, 3.8) is 0 Å². The molecular formula is C18H26N2O. The van der Waals surface area contributed by atoms with Crippen molar-refractivity contribution in [2.45, 2.75) is 51.0 Å². The fourth-order valence-electron chi connectivity index (χ4n) is 3.77. The average molecular weight is 286 g/mol. The lowest BCUT2D eigenvalue weighted by molar-refractivity contribution is -0.136. The van der Waals surface area contributed by atoms with Gasteiger partial charge in [-0.25, -0.2) is 0 Å². The molecule has 0 bridgehead atoms. The van der Waals surface area contributed by atoms with Gasteiger partial charge in [0.05, 0.1) is 5.92 Å². The molecule has 2 aliphatic rings. The summed E-state index contributed by atoms with van der Waals surface area (Å²) in [6.45, 7) is 1.69. The van der Waals surface area contributed by atoms with Crippen molar-refractivity contribution >= 4 is 5.91 Å². The van der Waals surface area contributed by atoms with Gasteiger partial charge in [0, 0.05) is 19.1 Å². The van der Waals surface area contributed by atoms with Gasteiger partial charge in [-0.2, -0.15) is 0 Å². The molecule has 1 heterocycles. The maximum absolute atomic E-state index is 12.9. The topological polar surface area (TPSA) is 46.3 Å². The van der Waals surface area contributed by atoms with E-state index in [0.717, 1.165) is 45.2 Å². The first-order valence-corrected chi connectivity index (χ1v) is 8.37. The Balaban J connectivity index is 1.68. The molecule has 2 atom stereocenters. The maximum Gasteiger partial charge on any atom is 0.227 e. The van der Waals surface area contributed by atoms with E-state index in [2.05, 4.69) is 29.2 Å². The summed E-state index contributed by atoms with van der Waals surface area (Å²) in [5.41, 5.74) is 9.06. The van der Waals surface area contributed by atoms with Crippen LogP contribution >= 0.6 is 0 Å². The molecule has 2 unspecified atom stereocenters. The van der Waals surface area contributed by atoms with Crippen molar-refractivity contribution in [2.24, 2.45) is 11.7 Å². The second kappa shape index (κ2) is 6.61. The summed E-state index contributed by atoms with van der Waals surface area (Å²) >= 11 is 0. The molecule has 3 rings (SSSR count). The highest BCUT2D eigenvalue weighted by Gasteiger charge is 2.31. The molecule has 0 saturated heterocycles. The Morgan fingerprint density at radius 3 is 2.29 bits per heavy atom. The minimum absolute atomic E-state index is 0.0497. The van der Waals surface area contributed by atoms with E-state index in [-0.39, 0.29) is 12.0 Å². The van der Waals surface area contributed by atoms with Crippen LogP contribution in [0.25, 0.3) is 0 Å². The van der Waals surface area contributed by atoms with Gasteiger partial charge in [-0.1, -0.05) is 43.5 Å². The van der Waals surface area contributed by atoms with Crippen LogP contribution in [0.3, 0.4) is 0 Å². The van der Waals surface area contributed by atoms with Gasteiger partial charge in [-0.15, -0.1) is 0 Å². The zero-order valence-electron chi connectivity index (χ0n) is 12.8. The van der Waals surface area contributed by atoms with Crippen LogP contribution in [0.2, 0.25) is 0 Å². The number of hydrogen-bond donors (Lipinski definition) is 1. The Labute approximate surface area is 127 Å². The minimum Gasteiger partial charge on any atom is -0.342 e. The number of hydrogen-bond acceptors (Lipinski definition) is 2. The molecule has 1 aliphatic carbocycles. The molecule has 114 valence electrons. The minimum atomic E-state index is 0.0497. The van der Waals surface area contributed by atoms with Crippen molar-refractivity contribution in [3.05, 3.63) is 35.4 Å². The van der Waals surface area contributed by atoms with Gasteiger partial charge in [0.25, 0.3) is 0 Å². The van der Waals surface area contributed by atoms with E-state index in [1.807, 2.05) is 0 Å². The summed E-state index contributed by atoms with van der Waals surface area (Å²) in [6, 6.07) is 8.64. The average Bonchev–Trinajstić information content (AvgIpc) is 2.84. The van der Waals surface area contributed by atoms with E-state index in [1.54, 1.807) is 0 Å². The fourth-order valence-corrected chi connectivity index (χ4v) is 3.77. The molecule has 1 aromatic rings. The van der Waals surface area contributed by atoms with Crippen LogP contribution in [-0.4, -0.2) is 29.9 Å². The standard InChI is InChI=1S/C18H26N2O/c19-17-9-3-1-2-8-16(17)18(21)20-12-10-14-6-4-5-7-15(14)11-13-20/h4-7,16-17H,1-3,8-13,19H2. The van der Waals surface area contributed by atoms with Crippen molar-refractivity contribution in [1.82, 2.24) is 4.90 Å². The quantitative estimate of drug-likeness (QED) is 0.806. The molecular weight excluding hydrogens is 260 g/mol. The second-order valence-corrected chi connectivity index (χ2v) is 6.50. The maximum atomic E-state index is 12.9. The largest absolute Gasteiger partial charge is 0.342 e. The third-order valence-electron chi connectivity index (χ3n) is 5.12. The first-order valence-electron chi connectivity index (χ1n) is 8.37. The number of carbonyl (C=O) groups excluding carboxylic acids is 1. The van der Waals surface area contributed by atoms with Crippen LogP contribution < -0.4 is 5.73 Å². The zero-order chi connectivity index (χ0) is 14.7. The summed E-state index contributed by atoms with van der Waals surface area (Å²) in [5.74, 6) is 0.353. The smallest absolute Gasteiger partial charge is 0.227 e. The summed E-state index contributed by atoms with van der Waals surface area (Å²) in [5, 5.41) is 0. The number of nitrogens with two attached hydrogens (primary N) is 1. The molecule has 0 radical (unpaired) electrons. The van der Waals surface area contributed by atoms with E-state index >= 15 is 0 Å². The summed E-state index contributed by atoms with van der Waals surface area (Å²) in [7, 11) is 0. The number of nitrogens with zero attached hydrogens (tertiary/aromatic N) is 1. The second-order valence-electron chi connectivity index (χ2n) is 6.50. The molecule has 3 heteroatoms. The predicted molar refractivity (Wildman–Crippen MR) is 85.0 cm³/mol. The molecule has 1 aromatic carbocycles. The van der Waals surface area contributed by atoms with E-state index in [1.165, 1.54) is 24.0 Å². The molecule has 3 nitrogen and oxygen atoms in total. The Hall–Kier alpha value is -1.35. The molecule has 0 aromatic heterocycles. The lowest BCUT2D eigenvalue weighted by Crippen LogP contribution is -2.44. The van der Waals surface area contributed by atoms with Gasteiger partial charge in [0.2, 0.25) is 5.91 Å². The third kappa shape index (κ3) is 3.29. The number of fused-ring (bicyclic) bond motifs is 1. The summed E-state index contributed by atoms with van der Waals surface area (Å²) in [6.07, 6.45) is 7.49. The first-order chi connectivity index (χ1) is 10.3. The van der Waals surface area contributed by atoms with Crippen molar-refractivity contribution < 1.29 is 4.79 Å². The van der Waals surface area contributed by atoms with E-state index < -0.39 is 0 Å². The van der Waals surface area contributed by atoms with Crippen molar-refractivity contribution in [2.75, 3.05) is 13.1 Å². The van der Waals surface area contributed by atoms with E-state index in [0.29, 0.717) is 5.91 Å². The molecule has 1 saturated carbocycles. The van der Waals surface area contributed by atoms with Crippen LogP contribution in [0.5, 0.6) is 0 Å². The Morgan fingerprint density at radius 1 is 1.00 bits per heavy atom. The highest BCUT2D eigenvalue weighted by molar-refractivity contribution is 5.79. The molecule has 0 spiro atoms. The van der Waals surface area contributed by atoms with Gasteiger partial charge < -0.3 is 10.6 Å². The van der Waals surface area contributed by atoms with Crippen LogP contribution in [0.1, 0.15) is 43.2 Å². The van der Waals surface area contributed by atoms with Crippen LogP contribution in [0.4, 0.5) is 0 Å². The van der Waals surface area contributed by atoms with Gasteiger partial charge in [-0.05, 0) is 36.8 Å². The Bertz CT molecular complexity index is 473. The number of carbonyl (C=O) groups is 1. The predicted octanol–water partition coefficient (Wildman–Crippen LogP) is 2.52. The molecule has 1 amide bonds. The van der Waals surface area contributed by atoms with Crippen molar-refractivity contribution in [1.29, 1.82) is 0 Å². The van der Waals surface area contributed by atoms with E-state index in [9.17, 15) is 4.79 Å². The highest BCUT2D eigenvalue weighted by Crippen LogP contribution is 2.25. The Morgan fingerprint density at radius 2 is 1.62 bits per heavy atom. The number of benzene rings is 1. The lowest BCUT2D eigenvalue weighted by Gasteiger charge is -2.28. The first kappa shape index (κ1) is 14.6. The van der Waals surface area contributed by atoms with Gasteiger partial charge in [0.15, 0.2) is 0 Å². The molecule has 1 fully saturated rings.